The molecule has 0 atom stereocenters. The van der Waals surface area contributed by atoms with Crippen LogP contribution in [0.3, 0.4) is 0 Å². The molecule has 0 spiro atoms. The second-order valence-corrected chi connectivity index (χ2v) is 9.27. The largest absolute Gasteiger partial charge is 0.490 e. The number of rotatable bonds is 4. The van der Waals surface area contributed by atoms with E-state index in [2.05, 4.69) is 4.90 Å². The first-order valence-electron chi connectivity index (χ1n) is 10.9. The fourth-order valence-electron chi connectivity index (χ4n) is 4.28. The predicted octanol–water partition coefficient (Wildman–Crippen LogP) is 2.96. The van der Waals surface area contributed by atoms with Crippen LogP contribution in [0.2, 0.25) is 0 Å². The maximum Gasteiger partial charge on any atom is 0.410 e. The van der Waals surface area contributed by atoms with Gasteiger partial charge in [0.05, 0.1) is 12.0 Å². The molecule has 2 saturated heterocycles. The van der Waals surface area contributed by atoms with Crippen LogP contribution in [0.15, 0.2) is 12.1 Å². The molecule has 176 valence electrons. The van der Waals surface area contributed by atoms with Crippen LogP contribution in [-0.4, -0.2) is 78.2 Å². The highest BCUT2D eigenvalue weighted by Crippen LogP contribution is 2.36. The number of nitro groups is 1. The Bertz CT molecular complexity index is 889. The lowest BCUT2D eigenvalue weighted by atomic mass is 10.00. The van der Waals surface area contributed by atoms with Crippen molar-refractivity contribution in [1.82, 2.24) is 9.80 Å². The molecule has 2 fully saturated rings. The van der Waals surface area contributed by atoms with Crippen molar-refractivity contribution >= 4 is 23.4 Å². The van der Waals surface area contributed by atoms with Crippen molar-refractivity contribution in [2.24, 2.45) is 0 Å². The van der Waals surface area contributed by atoms with Crippen molar-refractivity contribution in [2.45, 2.75) is 52.2 Å². The number of carbonyl (C=O) groups is 2. The summed E-state index contributed by atoms with van der Waals surface area (Å²) in [6.07, 6.45) is 1.12. The highest BCUT2D eigenvalue weighted by molar-refractivity contribution is 5.84. The summed E-state index contributed by atoms with van der Waals surface area (Å²) < 4.78 is 10.6. The predicted molar refractivity (Wildman–Crippen MR) is 119 cm³/mol. The van der Waals surface area contributed by atoms with Crippen LogP contribution in [0.4, 0.5) is 16.2 Å². The number of hydrogen-bond acceptors (Lipinski definition) is 7. The lowest BCUT2D eigenvalue weighted by Gasteiger charge is -2.43. The molecule has 3 rings (SSSR count). The Morgan fingerprint density at radius 1 is 1.16 bits per heavy atom. The molecule has 2 aliphatic heterocycles. The van der Waals surface area contributed by atoms with E-state index in [9.17, 15) is 19.7 Å². The number of carbonyl (C=O) groups excluding carboxylic acids is 2. The topological polar surface area (TPSA) is 105 Å². The first-order chi connectivity index (χ1) is 15.0. The minimum atomic E-state index is -0.594. The zero-order valence-electron chi connectivity index (χ0n) is 19.4. The molecule has 32 heavy (non-hydrogen) atoms. The molecule has 1 aromatic carbocycles. The molecule has 0 aliphatic carbocycles. The average Bonchev–Trinajstić information content (AvgIpc) is 2.72. The van der Waals surface area contributed by atoms with E-state index in [4.69, 9.17) is 9.47 Å². The smallest absolute Gasteiger partial charge is 0.410 e. The van der Waals surface area contributed by atoms with Crippen molar-refractivity contribution < 1.29 is 24.0 Å². The van der Waals surface area contributed by atoms with Gasteiger partial charge in [0.1, 0.15) is 12.1 Å². The van der Waals surface area contributed by atoms with Gasteiger partial charge in [-0.1, -0.05) is 0 Å². The van der Waals surface area contributed by atoms with E-state index in [-0.39, 0.29) is 29.9 Å². The molecule has 0 unspecified atom stereocenters. The number of amides is 2. The zero-order chi connectivity index (χ0) is 23.6. The standard InChI is InChI=1S/C22H32N4O6/c1-15-12-18(26(29)30)19(31-5)13-17(15)23-8-6-16(7-9-23)25-11-10-24(14-20(25)27)21(28)32-22(2,3)4/h12-13,16H,6-11,14H2,1-5H3. The van der Waals surface area contributed by atoms with E-state index in [1.54, 1.807) is 32.9 Å². The van der Waals surface area contributed by atoms with Gasteiger partial charge in [-0.2, -0.15) is 0 Å². The number of piperazine rings is 1. The van der Waals surface area contributed by atoms with Gasteiger partial charge in [-0.05, 0) is 46.1 Å². The number of benzene rings is 1. The summed E-state index contributed by atoms with van der Waals surface area (Å²) in [5.74, 6) is 0.180. The van der Waals surface area contributed by atoms with Crippen LogP contribution in [0.25, 0.3) is 0 Å². The second kappa shape index (κ2) is 9.22. The number of ether oxygens (including phenoxy) is 2. The Morgan fingerprint density at radius 2 is 1.81 bits per heavy atom. The van der Waals surface area contributed by atoms with Gasteiger partial charge in [0.15, 0.2) is 5.75 Å². The number of piperidine rings is 1. The maximum absolute atomic E-state index is 12.7. The Kier molecular flexibility index (Phi) is 6.80. The van der Waals surface area contributed by atoms with E-state index in [1.165, 1.54) is 12.0 Å². The van der Waals surface area contributed by atoms with Gasteiger partial charge in [-0.15, -0.1) is 0 Å². The quantitative estimate of drug-likeness (QED) is 0.515. The SMILES string of the molecule is COc1cc(N2CCC(N3CCN(C(=O)OC(C)(C)C)CC3=O)CC2)c(C)cc1[N+](=O)[O-]. The zero-order valence-corrected chi connectivity index (χ0v) is 19.4. The lowest BCUT2D eigenvalue weighted by molar-refractivity contribution is -0.385. The van der Waals surface area contributed by atoms with Gasteiger partial charge < -0.3 is 19.3 Å². The molecule has 0 radical (unpaired) electrons. The second-order valence-electron chi connectivity index (χ2n) is 9.27. The summed E-state index contributed by atoms with van der Waals surface area (Å²) in [7, 11) is 1.43. The molecule has 0 N–H and O–H groups in total. The molecule has 2 amide bonds. The van der Waals surface area contributed by atoms with Crippen molar-refractivity contribution in [2.75, 3.05) is 44.7 Å². The number of nitro benzene ring substituents is 1. The third-order valence-electron chi connectivity index (χ3n) is 5.85. The highest BCUT2D eigenvalue weighted by Gasteiger charge is 2.35. The monoisotopic (exact) mass is 448 g/mol. The fraction of sp³-hybridized carbons (Fsp3) is 0.636. The minimum absolute atomic E-state index is 0.0355. The Morgan fingerprint density at radius 3 is 2.34 bits per heavy atom. The summed E-state index contributed by atoms with van der Waals surface area (Å²) in [6.45, 7) is 9.71. The third kappa shape index (κ3) is 5.23. The minimum Gasteiger partial charge on any atom is -0.490 e. The first-order valence-corrected chi connectivity index (χ1v) is 10.9. The molecule has 1 aromatic rings. The molecule has 0 saturated carbocycles. The molecule has 0 bridgehead atoms. The van der Waals surface area contributed by atoms with Crippen LogP contribution in [0.5, 0.6) is 5.75 Å². The van der Waals surface area contributed by atoms with Crippen LogP contribution >= 0.6 is 0 Å². The molecule has 2 heterocycles. The molecular formula is C22H32N4O6. The van der Waals surface area contributed by atoms with Crippen LogP contribution in [-0.2, 0) is 9.53 Å². The van der Waals surface area contributed by atoms with Crippen LogP contribution in [0.1, 0.15) is 39.2 Å². The maximum atomic E-state index is 12.7. The molecule has 10 heteroatoms. The lowest BCUT2D eigenvalue weighted by Crippen LogP contribution is -2.57. The van der Waals surface area contributed by atoms with Crippen molar-refractivity contribution in [3.05, 3.63) is 27.8 Å². The summed E-state index contributed by atoms with van der Waals surface area (Å²) >= 11 is 0. The Labute approximate surface area is 188 Å². The number of nitrogens with zero attached hydrogens (tertiary/aromatic N) is 4. The van der Waals surface area contributed by atoms with Crippen LogP contribution < -0.4 is 9.64 Å². The van der Waals surface area contributed by atoms with Crippen LogP contribution in [0, 0.1) is 17.0 Å². The Hall–Kier alpha value is -3.04. The third-order valence-corrected chi connectivity index (χ3v) is 5.85. The number of methoxy groups -OCH3 is 1. The van der Waals surface area contributed by atoms with Gasteiger partial charge in [-0.25, -0.2) is 4.79 Å². The summed E-state index contributed by atoms with van der Waals surface area (Å²) in [6, 6.07) is 3.37. The number of hydrogen-bond donors (Lipinski definition) is 0. The van der Waals surface area contributed by atoms with Crippen molar-refractivity contribution in [3.8, 4) is 5.75 Å². The summed E-state index contributed by atoms with van der Waals surface area (Å²) in [4.78, 5) is 41.3. The van der Waals surface area contributed by atoms with Crippen molar-refractivity contribution in [1.29, 1.82) is 0 Å². The molecule has 2 aliphatic rings. The number of aryl methyl sites for hydroxylation is 1. The molecule has 0 aromatic heterocycles. The normalized spacial score (nSPS) is 18.0. The van der Waals surface area contributed by atoms with Gasteiger partial charge in [-0.3, -0.25) is 19.8 Å². The van der Waals surface area contributed by atoms with Gasteiger partial charge in [0.25, 0.3) is 0 Å². The van der Waals surface area contributed by atoms with E-state index in [0.29, 0.717) is 13.1 Å². The van der Waals surface area contributed by atoms with E-state index >= 15 is 0 Å². The van der Waals surface area contributed by atoms with Gasteiger partial charge in [0, 0.05) is 50.0 Å². The van der Waals surface area contributed by atoms with Gasteiger partial charge in [0.2, 0.25) is 5.91 Å². The first kappa shape index (κ1) is 23.6. The van der Waals surface area contributed by atoms with E-state index < -0.39 is 16.6 Å². The molecule has 10 nitrogen and oxygen atoms in total. The van der Waals surface area contributed by atoms with E-state index in [0.717, 1.165) is 37.2 Å². The van der Waals surface area contributed by atoms with Crippen molar-refractivity contribution in [3.63, 3.8) is 0 Å². The highest BCUT2D eigenvalue weighted by atomic mass is 16.6. The molecular weight excluding hydrogens is 416 g/mol. The number of anilines is 1. The van der Waals surface area contributed by atoms with E-state index in [1.807, 2.05) is 11.8 Å². The Balaban J connectivity index is 1.60. The summed E-state index contributed by atoms with van der Waals surface area (Å²) in [5.41, 5.74) is 1.09. The summed E-state index contributed by atoms with van der Waals surface area (Å²) in [5, 5.41) is 11.2. The van der Waals surface area contributed by atoms with Gasteiger partial charge >= 0.3 is 11.8 Å². The fourth-order valence-corrected chi connectivity index (χ4v) is 4.28. The average molecular weight is 449 g/mol.